The van der Waals surface area contributed by atoms with Crippen LogP contribution in [0, 0.1) is 20.8 Å². The Kier molecular flexibility index (Phi) is 4.24. The van der Waals surface area contributed by atoms with E-state index in [9.17, 15) is 9.90 Å². The van der Waals surface area contributed by atoms with Crippen molar-refractivity contribution in [3.63, 3.8) is 0 Å². The predicted molar refractivity (Wildman–Crippen MR) is 93.7 cm³/mol. The molecule has 5 heteroatoms. The SMILES string of the molecule is Cc1c(C)c2c(c(C)c1O)CCC(C)(C(=O)N1CCN(C)CC1)O2. The predicted octanol–water partition coefficient (Wildman–Crippen LogP) is 2.18. The van der Waals surface area contributed by atoms with Gasteiger partial charge in [0.2, 0.25) is 0 Å². The number of fused-ring (bicyclic) bond motifs is 1. The van der Waals surface area contributed by atoms with Crippen LogP contribution >= 0.6 is 0 Å². The van der Waals surface area contributed by atoms with Gasteiger partial charge in [0.05, 0.1) is 0 Å². The van der Waals surface area contributed by atoms with Crippen molar-refractivity contribution < 1.29 is 14.6 Å². The molecule has 1 aromatic rings. The van der Waals surface area contributed by atoms with Gasteiger partial charge in [-0.25, -0.2) is 0 Å². The van der Waals surface area contributed by atoms with Gasteiger partial charge < -0.3 is 19.6 Å². The number of hydrogen-bond acceptors (Lipinski definition) is 4. The maximum Gasteiger partial charge on any atom is 0.266 e. The molecule has 5 nitrogen and oxygen atoms in total. The van der Waals surface area contributed by atoms with Crippen molar-refractivity contribution in [3.8, 4) is 11.5 Å². The molecule has 2 heterocycles. The number of carbonyl (C=O) groups is 1. The minimum Gasteiger partial charge on any atom is -0.507 e. The van der Waals surface area contributed by atoms with Crippen molar-refractivity contribution in [1.29, 1.82) is 0 Å². The Labute approximate surface area is 144 Å². The van der Waals surface area contributed by atoms with Crippen molar-refractivity contribution in [3.05, 3.63) is 22.3 Å². The molecule has 1 saturated heterocycles. The molecule has 0 aromatic heterocycles. The summed E-state index contributed by atoms with van der Waals surface area (Å²) in [6.07, 6.45) is 1.40. The van der Waals surface area contributed by atoms with Crippen LogP contribution in [0.3, 0.4) is 0 Å². The summed E-state index contributed by atoms with van der Waals surface area (Å²) >= 11 is 0. The molecule has 2 aliphatic heterocycles. The van der Waals surface area contributed by atoms with Crippen LogP contribution in [0.15, 0.2) is 0 Å². The fourth-order valence-electron chi connectivity index (χ4n) is 3.74. The van der Waals surface area contributed by atoms with E-state index in [1.165, 1.54) is 0 Å². The Balaban J connectivity index is 1.90. The number of carbonyl (C=O) groups excluding carboxylic acids is 1. The maximum atomic E-state index is 13.1. The molecule has 1 N–H and O–H groups in total. The van der Waals surface area contributed by atoms with Crippen LogP contribution in [-0.4, -0.2) is 59.6 Å². The largest absolute Gasteiger partial charge is 0.507 e. The molecular formula is C19H28N2O3. The molecule has 0 radical (unpaired) electrons. The van der Waals surface area contributed by atoms with E-state index in [0.29, 0.717) is 12.2 Å². The molecule has 1 aromatic carbocycles. The van der Waals surface area contributed by atoms with Gasteiger partial charge in [-0.2, -0.15) is 0 Å². The van der Waals surface area contributed by atoms with Crippen molar-refractivity contribution in [2.75, 3.05) is 33.2 Å². The average Bonchev–Trinajstić information content (AvgIpc) is 2.58. The van der Waals surface area contributed by atoms with Gasteiger partial charge in [-0.3, -0.25) is 4.79 Å². The van der Waals surface area contributed by atoms with Crippen molar-refractivity contribution >= 4 is 5.91 Å². The zero-order valence-electron chi connectivity index (χ0n) is 15.4. The first-order chi connectivity index (χ1) is 11.2. The highest BCUT2D eigenvalue weighted by Gasteiger charge is 2.43. The van der Waals surface area contributed by atoms with E-state index in [-0.39, 0.29) is 5.91 Å². The van der Waals surface area contributed by atoms with E-state index in [0.717, 1.165) is 60.6 Å². The normalized spacial score (nSPS) is 24.5. The summed E-state index contributed by atoms with van der Waals surface area (Å²) in [5.74, 6) is 1.23. The third-order valence-electron chi connectivity index (χ3n) is 5.76. The molecule has 0 bridgehead atoms. The quantitative estimate of drug-likeness (QED) is 0.856. The summed E-state index contributed by atoms with van der Waals surface area (Å²) in [6.45, 7) is 11.0. The number of piperazine rings is 1. The van der Waals surface area contributed by atoms with E-state index < -0.39 is 5.60 Å². The first kappa shape index (κ1) is 17.1. The number of hydrogen-bond donors (Lipinski definition) is 1. The molecule has 1 fully saturated rings. The Morgan fingerprint density at radius 3 is 2.33 bits per heavy atom. The number of nitrogens with zero attached hydrogens (tertiary/aromatic N) is 2. The van der Waals surface area contributed by atoms with Gasteiger partial charge in [0.15, 0.2) is 5.60 Å². The van der Waals surface area contributed by atoms with Crippen LogP contribution in [0.5, 0.6) is 11.5 Å². The number of ether oxygens (including phenoxy) is 1. The lowest BCUT2D eigenvalue weighted by Crippen LogP contribution is -2.57. The summed E-state index contributed by atoms with van der Waals surface area (Å²) in [7, 11) is 2.08. The number of phenols is 1. The van der Waals surface area contributed by atoms with Crippen molar-refractivity contribution in [2.45, 2.75) is 46.1 Å². The maximum absolute atomic E-state index is 13.1. The average molecular weight is 332 g/mol. The molecule has 0 saturated carbocycles. The van der Waals surface area contributed by atoms with Crippen LogP contribution in [0.25, 0.3) is 0 Å². The lowest BCUT2D eigenvalue weighted by molar-refractivity contribution is -0.150. The zero-order valence-corrected chi connectivity index (χ0v) is 15.4. The fourth-order valence-corrected chi connectivity index (χ4v) is 3.74. The Hall–Kier alpha value is -1.75. The topological polar surface area (TPSA) is 53.0 Å². The highest BCUT2D eigenvalue weighted by molar-refractivity contribution is 5.86. The second kappa shape index (κ2) is 5.96. The standard InChI is InChI=1S/C19H28N2O3/c1-12-13(2)17-15(14(3)16(12)22)6-7-19(4,24-17)18(23)21-10-8-20(5)9-11-21/h22H,6-11H2,1-5H3. The number of aromatic hydroxyl groups is 1. The van der Waals surface area contributed by atoms with Gasteiger partial charge in [-0.05, 0) is 57.9 Å². The van der Waals surface area contributed by atoms with Crippen LogP contribution in [0.4, 0.5) is 0 Å². The fraction of sp³-hybridized carbons (Fsp3) is 0.632. The molecule has 0 aliphatic carbocycles. The van der Waals surface area contributed by atoms with E-state index in [2.05, 4.69) is 11.9 Å². The number of amides is 1. The van der Waals surface area contributed by atoms with E-state index in [1.807, 2.05) is 32.6 Å². The van der Waals surface area contributed by atoms with Gasteiger partial charge in [0, 0.05) is 38.2 Å². The van der Waals surface area contributed by atoms with Crippen LogP contribution in [0.2, 0.25) is 0 Å². The van der Waals surface area contributed by atoms with E-state index in [1.54, 1.807) is 0 Å². The molecule has 0 spiro atoms. The lowest BCUT2D eigenvalue weighted by atomic mass is 9.86. The second-order valence-electron chi connectivity index (χ2n) is 7.46. The summed E-state index contributed by atoms with van der Waals surface area (Å²) in [5.41, 5.74) is 2.87. The first-order valence-corrected chi connectivity index (χ1v) is 8.73. The summed E-state index contributed by atoms with van der Waals surface area (Å²) in [6, 6.07) is 0. The Bertz CT molecular complexity index is 678. The van der Waals surface area contributed by atoms with Gasteiger partial charge in [-0.15, -0.1) is 0 Å². The summed E-state index contributed by atoms with van der Waals surface area (Å²) in [5, 5.41) is 10.3. The smallest absolute Gasteiger partial charge is 0.266 e. The summed E-state index contributed by atoms with van der Waals surface area (Å²) < 4.78 is 6.29. The van der Waals surface area contributed by atoms with Gasteiger partial charge in [-0.1, -0.05) is 0 Å². The molecule has 132 valence electrons. The van der Waals surface area contributed by atoms with Crippen molar-refractivity contribution in [2.24, 2.45) is 0 Å². The molecule has 1 atom stereocenters. The highest BCUT2D eigenvalue weighted by Crippen LogP contribution is 2.43. The minimum absolute atomic E-state index is 0.0871. The molecule has 3 rings (SSSR count). The van der Waals surface area contributed by atoms with Crippen LogP contribution in [0.1, 0.15) is 35.6 Å². The van der Waals surface area contributed by atoms with Crippen molar-refractivity contribution in [1.82, 2.24) is 9.80 Å². The molecule has 2 aliphatic rings. The number of rotatable bonds is 1. The van der Waals surface area contributed by atoms with Gasteiger partial charge >= 0.3 is 0 Å². The second-order valence-corrected chi connectivity index (χ2v) is 7.46. The minimum atomic E-state index is -0.816. The Morgan fingerprint density at radius 2 is 1.71 bits per heavy atom. The number of likely N-dealkylation sites (N-methyl/N-ethyl adjacent to an activating group) is 1. The molecule has 1 unspecified atom stereocenters. The first-order valence-electron chi connectivity index (χ1n) is 8.73. The molecule has 1 amide bonds. The monoisotopic (exact) mass is 332 g/mol. The van der Waals surface area contributed by atoms with Gasteiger partial charge in [0.25, 0.3) is 5.91 Å². The number of phenolic OH excluding ortho intramolecular Hbond substituents is 1. The lowest BCUT2D eigenvalue weighted by Gasteiger charge is -2.41. The van der Waals surface area contributed by atoms with Gasteiger partial charge in [0.1, 0.15) is 11.5 Å². The third kappa shape index (κ3) is 2.65. The molecular weight excluding hydrogens is 304 g/mol. The van der Waals surface area contributed by atoms with Crippen LogP contribution < -0.4 is 4.74 Å². The Morgan fingerprint density at radius 1 is 1.08 bits per heavy atom. The van der Waals surface area contributed by atoms with Crippen LogP contribution in [-0.2, 0) is 11.2 Å². The zero-order chi connectivity index (χ0) is 17.6. The summed E-state index contributed by atoms with van der Waals surface area (Å²) in [4.78, 5) is 17.2. The highest BCUT2D eigenvalue weighted by atomic mass is 16.5. The molecule has 24 heavy (non-hydrogen) atoms. The number of benzene rings is 1. The van der Waals surface area contributed by atoms with E-state index >= 15 is 0 Å². The van der Waals surface area contributed by atoms with E-state index in [4.69, 9.17) is 4.74 Å². The third-order valence-corrected chi connectivity index (χ3v) is 5.76.